The Labute approximate surface area is 155 Å². The summed E-state index contributed by atoms with van der Waals surface area (Å²) in [7, 11) is 0. The second kappa shape index (κ2) is 7.45. The van der Waals surface area contributed by atoms with Crippen molar-refractivity contribution >= 4 is 5.91 Å². The Bertz CT molecular complexity index is 655. The number of hydrogen-bond donors (Lipinski definition) is 0. The normalized spacial score (nSPS) is 29.0. The number of benzene rings is 1. The van der Waals surface area contributed by atoms with Crippen LogP contribution in [-0.4, -0.2) is 73.3 Å². The van der Waals surface area contributed by atoms with Gasteiger partial charge in [-0.05, 0) is 44.9 Å². The Kier molecular flexibility index (Phi) is 5.05. The molecule has 2 fully saturated rings. The van der Waals surface area contributed by atoms with Crippen LogP contribution < -0.4 is 9.47 Å². The minimum Gasteiger partial charge on any atom is -0.486 e. The van der Waals surface area contributed by atoms with Crippen LogP contribution in [0.25, 0.3) is 0 Å². The summed E-state index contributed by atoms with van der Waals surface area (Å²) >= 11 is 0. The topological polar surface area (TPSA) is 51.2 Å². The lowest BCUT2D eigenvalue weighted by Crippen LogP contribution is -2.50. The van der Waals surface area contributed by atoms with E-state index < -0.39 is 0 Å². The van der Waals surface area contributed by atoms with Crippen LogP contribution >= 0.6 is 0 Å². The molecule has 3 atom stereocenters. The van der Waals surface area contributed by atoms with E-state index in [9.17, 15) is 4.79 Å². The van der Waals surface area contributed by atoms with Crippen molar-refractivity contribution in [1.29, 1.82) is 0 Å². The van der Waals surface area contributed by atoms with Gasteiger partial charge >= 0.3 is 0 Å². The van der Waals surface area contributed by atoms with Crippen LogP contribution in [0.2, 0.25) is 0 Å². The lowest BCUT2D eigenvalue weighted by atomic mass is 10.1. The number of hydrogen-bond acceptors (Lipinski definition) is 5. The lowest BCUT2D eigenvalue weighted by Gasteiger charge is -2.38. The number of amides is 1. The van der Waals surface area contributed by atoms with Gasteiger partial charge in [0.25, 0.3) is 5.91 Å². The van der Waals surface area contributed by atoms with Crippen molar-refractivity contribution in [2.45, 2.75) is 44.9 Å². The fourth-order valence-corrected chi connectivity index (χ4v) is 4.37. The molecular formula is C20H28N2O4. The number of carbonyl (C=O) groups is 1. The van der Waals surface area contributed by atoms with Gasteiger partial charge in [-0.2, -0.15) is 0 Å². The van der Waals surface area contributed by atoms with E-state index in [1.54, 1.807) is 0 Å². The third kappa shape index (κ3) is 3.67. The molecule has 4 rings (SSSR count). The molecule has 0 spiro atoms. The molecule has 3 aliphatic rings. The summed E-state index contributed by atoms with van der Waals surface area (Å²) in [5, 5.41) is 0. The number of fused-ring (bicyclic) bond motifs is 1. The van der Waals surface area contributed by atoms with Crippen molar-refractivity contribution in [2.24, 2.45) is 0 Å². The molecule has 0 saturated carbocycles. The first-order valence-corrected chi connectivity index (χ1v) is 9.68. The molecule has 6 heteroatoms. The molecule has 0 N–H and O–H groups in total. The molecule has 26 heavy (non-hydrogen) atoms. The summed E-state index contributed by atoms with van der Waals surface area (Å²) in [6.07, 6.45) is 2.64. The largest absolute Gasteiger partial charge is 0.486 e. The van der Waals surface area contributed by atoms with E-state index in [-0.39, 0.29) is 24.2 Å². The predicted molar refractivity (Wildman–Crippen MR) is 97.9 cm³/mol. The molecule has 0 aliphatic carbocycles. The van der Waals surface area contributed by atoms with E-state index in [0.717, 1.165) is 44.8 Å². The van der Waals surface area contributed by atoms with Gasteiger partial charge in [0, 0.05) is 37.8 Å². The lowest BCUT2D eigenvalue weighted by molar-refractivity contribution is -0.0715. The molecule has 0 radical (unpaired) electrons. The van der Waals surface area contributed by atoms with Crippen LogP contribution in [0.5, 0.6) is 11.5 Å². The standard InChI is InChI=1S/C20H28N2O4/c1-14-11-21(12-15(2)26-14)13-17-4-3-7-22(17)20(23)16-5-6-18-19(10-16)25-9-8-24-18/h5-6,10,14-15,17H,3-4,7-9,11-13H2,1-2H3. The predicted octanol–water partition coefficient (Wildman–Crippen LogP) is 2.17. The summed E-state index contributed by atoms with van der Waals surface area (Å²) in [6.45, 7) is 8.96. The number of ether oxygens (including phenoxy) is 3. The SMILES string of the molecule is CC1CN(CC2CCCN2C(=O)c2ccc3c(c2)OCCO3)CC(C)O1. The van der Waals surface area contributed by atoms with Gasteiger partial charge in [0.2, 0.25) is 0 Å². The molecule has 0 bridgehead atoms. The van der Waals surface area contributed by atoms with Gasteiger partial charge in [-0.1, -0.05) is 0 Å². The number of carbonyl (C=O) groups excluding carboxylic acids is 1. The van der Waals surface area contributed by atoms with Crippen LogP contribution in [0.3, 0.4) is 0 Å². The molecule has 3 aliphatic heterocycles. The molecule has 6 nitrogen and oxygen atoms in total. The zero-order valence-corrected chi connectivity index (χ0v) is 15.6. The first kappa shape index (κ1) is 17.6. The highest BCUT2D eigenvalue weighted by atomic mass is 16.6. The second-order valence-electron chi connectivity index (χ2n) is 7.63. The highest BCUT2D eigenvalue weighted by molar-refractivity contribution is 5.95. The van der Waals surface area contributed by atoms with Crippen LogP contribution in [0, 0.1) is 0 Å². The Morgan fingerprint density at radius 1 is 1.12 bits per heavy atom. The summed E-state index contributed by atoms with van der Waals surface area (Å²) in [5.74, 6) is 1.49. The van der Waals surface area contributed by atoms with Gasteiger partial charge in [-0.15, -0.1) is 0 Å². The van der Waals surface area contributed by atoms with Crippen molar-refractivity contribution in [3.63, 3.8) is 0 Å². The van der Waals surface area contributed by atoms with E-state index in [1.165, 1.54) is 0 Å². The van der Waals surface area contributed by atoms with Crippen molar-refractivity contribution in [2.75, 3.05) is 39.4 Å². The third-order valence-electron chi connectivity index (χ3n) is 5.39. The van der Waals surface area contributed by atoms with Gasteiger partial charge in [0.05, 0.1) is 12.2 Å². The van der Waals surface area contributed by atoms with Crippen molar-refractivity contribution in [3.05, 3.63) is 23.8 Å². The van der Waals surface area contributed by atoms with E-state index in [0.29, 0.717) is 24.5 Å². The molecule has 1 aromatic carbocycles. The molecule has 0 aromatic heterocycles. The maximum Gasteiger partial charge on any atom is 0.254 e. The molecular weight excluding hydrogens is 332 g/mol. The summed E-state index contributed by atoms with van der Waals surface area (Å²) in [6, 6.07) is 5.79. The molecule has 1 amide bonds. The van der Waals surface area contributed by atoms with Crippen LogP contribution in [0.15, 0.2) is 18.2 Å². The minimum absolute atomic E-state index is 0.0961. The van der Waals surface area contributed by atoms with E-state index in [2.05, 4.69) is 18.7 Å². The minimum atomic E-state index is 0.0961. The molecule has 1 aromatic rings. The van der Waals surface area contributed by atoms with Crippen LogP contribution in [-0.2, 0) is 4.74 Å². The van der Waals surface area contributed by atoms with Crippen LogP contribution in [0.1, 0.15) is 37.0 Å². The van der Waals surface area contributed by atoms with Crippen molar-refractivity contribution in [1.82, 2.24) is 9.80 Å². The summed E-state index contributed by atoms with van der Waals surface area (Å²) in [4.78, 5) is 17.6. The maximum absolute atomic E-state index is 13.1. The van der Waals surface area contributed by atoms with Gasteiger partial charge in [-0.3, -0.25) is 9.69 Å². The fraction of sp³-hybridized carbons (Fsp3) is 0.650. The monoisotopic (exact) mass is 360 g/mol. The first-order chi connectivity index (χ1) is 12.6. The zero-order valence-electron chi connectivity index (χ0n) is 15.6. The van der Waals surface area contributed by atoms with Crippen molar-refractivity contribution in [3.8, 4) is 11.5 Å². The van der Waals surface area contributed by atoms with Crippen LogP contribution in [0.4, 0.5) is 0 Å². The Morgan fingerprint density at radius 3 is 2.62 bits per heavy atom. The van der Waals surface area contributed by atoms with E-state index in [1.807, 2.05) is 23.1 Å². The number of nitrogens with zero attached hydrogens (tertiary/aromatic N) is 2. The molecule has 142 valence electrons. The Morgan fingerprint density at radius 2 is 1.85 bits per heavy atom. The summed E-state index contributed by atoms with van der Waals surface area (Å²) in [5.41, 5.74) is 0.685. The van der Waals surface area contributed by atoms with Gasteiger partial charge in [0.1, 0.15) is 13.2 Å². The van der Waals surface area contributed by atoms with Gasteiger partial charge < -0.3 is 19.1 Å². The molecule has 2 saturated heterocycles. The zero-order chi connectivity index (χ0) is 18.1. The highest BCUT2D eigenvalue weighted by Crippen LogP contribution is 2.32. The quantitative estimate of drug-likeness (QED) is 0.827. The fourth-order valence-electron chi connectivity index (χ4n) is 4.37. The summed E-state index contributed by atoms with van der Waals surface area (Å²) < 4.78 is 17.0. The number of morpholine rings is 1. The molecule has 3 unspecified atom stereocenters. The Balaban J connectivity index is 1.45. The maximum atomic E-state index is 13.1. The van der Waals surface area contributed by atoms with E-state index in [4.69, 9.17) is 14.2 Å². The number of rotatable bonds is 3. The smallest absolute Gasteiger partial charge is 0.254 e. The van der Waals surface area contributed by atoms with Gasteiger partial charge in [-0.25, -0.2) is 0 Å². The number of likely N-dealkylation sites (tertiary alicyclic amines) is 1. The average molecular weight is 360 g/mol. The molecule has 3 heterocycles. The average Bonchev–Trinajstić information content (AvgIpc) is 3.08. The third-order valence-corrected chi connectivity index (χ3v) is 5.39. The Hall–Kier alpha value is -1.79. The first-order valence-electron chi connectivity index (χ1n) is 9.68. The highest BCUT2D eigenvalue weighted by Gasteiger charge is 2.33. The van der Waals surface area contributed by atoms with E-state index >= 15 is 0 Å². The second-order valence-corrected chi connectivity index (χ2v) is 7.63. The van der Waals surface area contributed by atoms with Crippen molar-refractivity contribution < 1.29 is 19.0 Å². The van der Waals surface area contributed by atoms with Gasteiger partial charge in [0.15, 0.2) is 11.5 Å².